The molecule has 3 heterocycles. The Balaban J connectivity index is 1.60. The predicted molar refractivity (Wildman–Crippen MR) is 103 cm³/mol. The van der Waals surface area contributed by atoms with E-state index in [0.717, 1.165) is 4.57 Å². The van der Waals surface area contributed by atoms with Gasteiger partial charge in [0.15, 0.2) is 4.96 Å². The van der Waals surface area contributed by atoms with Gasteiger partial charge in [0.2, 0.25) is 0 Å². The smallest absolute Gasteiger partial charge is 0.338 e. The van der Waals surface area contributed by atoms with Crippen LogP contribution in [-0.4, -0.2) is 24.9 Å². The van der Waals surface area contributed by atoms with Crippen molar-refractivity contribution in [2.75, 3.05) is 0 Å². The van der Waals surface area contributed by atoms with Crippen molar-refractivity contribution < 1.29 is 9.53 Å². The molecule has 0 bridgehead atoms. The quantitative estimate of drug-likeness (QED) is 0.516. The fraction of sp³-hybridized carbons (Fsp3) is 0.167. The molecule has 1 aromatic carbocycles. The van der Waals surface area contributed by atoms with E-state index in [1.807, 2.05) is 0 Å². The van der Waals surface area contributed by atoms with Gasteiger partial charge in [-0.3, -0.25) is 18.6 Å². The lowest BCUT2D eigenvalue weighted by atomic mass is 10.1. The van der Waals surface area contributed by atoms with Crippen LogP contribution in [0.25, 0.3) is 15.9 Å². The number of aromatic nitrogens is 4. The number of nitrogens with one attached hydrogen (secondary N) is 1. The lowest BCUT2D eigenvalue weighted by Crippen LogP contribution is -2.34. The number of hydrogen-bond donors (Lipinski definition) is 1. The molecule has 0 atom stereocenters. The summed E-state index contributed by atoms with van der Waals surface area (Å²) < 4.78 is 7.70. The molecule has 142 valence electrons. The van der Waals surface area contributed by atoms with Crippen molar-refractivity contribution >= 4 is 33.2 Å². The Labute approximate surface area is 160 Å². The number of benzene rings is 1. The minimum atomic E-state index is -0.657. The molecule has 0 aliphatic heterocycles. The van der Waals surface area contributed by atoms with Gasteiger partial charge in [-0.1, -0.05) is 0 Å². The van der Waals surface area contributed by atoms with Gasteiger partial charge in [0, 0.05) is 24.2 Å². The molecule has 0 unspecified atom stereocenters. The Morgan fingerprint density at radius 3 is 2.86 bits per heavy atom. The minimum absolute atomic E-state index is 0.172. The molecule has 0 aliphatic carbocycles. The van der Waals surface area contributed by atoms with Crippen LogP contribution in [-0.2, 0) is 17.9 Å². The third-order valence-electron chi connectivity index (χ3n) is 4.24. The Morgan fingerprint density at radius 1 is 1.25 bits per heavy atom. The zero-order chi connectivity index (χ0) is 19.8. The summed E-state index contributed by atoms with van der Waals surface area (Å²) in [5, 5.41) is 2.04. The summed E-state index contributed by atoms with van der Waals surface area (Å²) in [5.41, 5.74) is -0.459. The first kappa shape index (κ1) is 17.9. The molecule has 4 aromatic rings. The largest absolute Gasteiger partial charge is 0.456 e. The maximum Gasteiger partial charge on any atom is 0.338 e. The third kappa shape index (κ3) is 3.03. The van der Waals surface area contributed by atoms with E-state index in [2.05, 4.69) is 9.97 Å². The Morgan fingerprint density at radius 2 is 2.07 bits per heavy atom. The number of carbonyl (C=O) groups excluding carboxylic acids is 1. The number of carbonyl (C=O) groups is 1. The summed E-state index contributed by atoms with van der Waals surface area (Å²) in [6.45, 7) is 1.77. The zero-order valence-corrected chi connectivity index (χ0v) is 15.5. The van der Waals surface area contributed by atoms with Crippen LogP contribution in [0.4, 0.5) is 0 Å². The summed E-state index contributed by atoms with van der Waals surface area (Å²) in [5.74, 6) is -0.657. The highest BCUT2D eigenvalue weighted by Gasteiger charge is 2.13. The van der Waals surface area contributed by atoms with Crippen LogP contribution in [0.15, 0.2) is 50.2 Å². The van der Waals surface area contributed by atoms with E-state index < -0.39 is 17.2 Å². The molecule has 0 saturated heterocycles. The summed E-state index contributed by atoms with van der Waals surface area (Å²) >= 11 is 1.30. The van der Waals surface area contributed by atoms with Crippen molar-refractivity contribution in [1.82, 2.24) is 18.9 Å². The van der Waals surface area contributed by atoms with Crippen molar-refractivity contribution in [2.24, 2.45) is 0 Å². The molecule has 0 amide bonds. The second-order valence-corrected chi connectivity index (χ2v) is 6.83. The lowest BCUT2D eigenvalue weighted by molar-refractivity contribution is 0.0468. The predicted octanol–water partition coefficient (Wildman–Crippen LogP) is 1.14. The molecular weight excluding hydrogens is 384 g/mol. The van der Waals surface area contributed by atoms with Crippen molar-refractivity contribution in [1.29, 1.82) is 0 Å². The maximum absolute atomic E-state index is 12.3. The highest BCUT2D eigenvalue weighted by Crippen LogP contribution is 2.12. The van der Waals surface area contributed by atoms with E-state index in [-0.39, 0.29) is 29.8 Å². The number of H-pyrrole nitrogens is 1. The highest BCUT2D eigenvalue weighted by molar-refractivity contribution is 7.15. The van der Waals surface area contributed by atoms with Crippen LogP contribution < -0.4 is 16.8 Å². The fourth-order valence-corrected chi connectivity index (χ4v) is 3.59. The number of fused-ring (bicyclic) bond motifs is 2. The van der Waals surface area contributed by atoms with Gasteiger partial charge in [0.1, 0.15) is 6.61 Å². The van der Waals surface area contributed by atoms with Crippen molar-refractivity contribution in [3.05, 3.63) is 78.3 Å². The Kier molecular flexibility index (Phi) is 4.40. The molecule has 0 saturated carbocycles. The molecule has 1 N–H and O–H groups in total. The number of esters is 1. The molecule has 4 rings (SSSR count). The summed E-state index contributed by atoms with van der Waals surface area (Å²) in [7, 11) is 0. The van der Waals surface area contributed by atoms with Crippen LogP contribution in [0.5, 0.6) is 0 Å². The van der Waals surface area contributed by atoms with Gasteiger partial charge in [-0.15, -0.1) is 11.3 Å². The molecule has 28 heavy (non-hydrogen) atoms. The van der Waals surface area contributed by atoms with E-state index in [4.69, 9.17) is 4.74 Å². The van der Waals surface area contributed by atoms with E-state index >= 15 is 0 Å². The second-order valence-electron chi connectivity index (χ2n) is 5.96. The van der Waals surface area contributed by atoms with Gasteiger partial charge in [0.25, 0.3) is 11.1 Å². The summed E-state index contributed by atoms with van der Waals surface area (Å²) in [4.78, 5) is 55.9. The number of rotatable bonds is 4. The highest BCUT2D eigenvalue weighted by atomic mass is 32.1. The Bertz CT molecular complexity index is 1400. The van der Waals surface area contributed by atoms with Crippen molar-refractivity contribution in [3.63, 3.8) is 0 Å². The summed E-state index contributed by atoms with van der Waals surface area (Å²) in [6, 6.07) is 5.62. The molecule has 9 nitrogen and oxygen atoms in total. The van der Waals surface area contributed by atoms with Gasteiger partial charge in [-0.2, -0.15) is 0 Å². The van der Waals surface area contributed by atoms with Crippen LogP contribution in [0.2, 0.25) is 0 Å². The van der Waals surface area contributed by atoms with Gasteiger partial charge >= 0.3 is 11.7 Å². The molecular formula is C18H14N4O5S. The number of aromatic amines is 1. The van der Waals surface area contributed by atoms with Crippen LogP contribution >= 0.6 is 11.3 Å². The SMILES string of the molecule is CCn1c(=O)[nH]c2cc(C(=O)OCc3cc(=O)n4ccsc4n3)ccc2c1=O. The molecule has 0 spiro atoms. The molecule has 3 aromatic heterocycles. The van der Waals surface area contributed by atoms with E-state index in [0.29, 0.717) is 16.0 Å². The number of ether oxygens (including phenoxy) is 1. The first-order valence-electron chi connectivity index (χ1n) is 8.37. The van der Waals surface area contributed by atoms with E-state index in [1.54, 1.807) is 18.5 Å². The first-order valence-corrected chi connectivity index (χ1v) is 9.25. The van der Waals surface area contributed by atoms with Gasteiger partial charge < -0.3 is 9.72 Å². The van der Waals surface area contributed by atoms with Gasteiger partial charge in [-0.25, -0.2) is 14.6 Å². The summed E-state index contributed by atoms with van der Waals surface area (Å²) in [6.07, 6.45) is 1.62. The van der Waals surface area contributed by atoms with Crippen molar-refractivity contribution in [2.45, 2.75) is 20.1 Å². The Hall–Kier alpha value is -3.53. The maximum atomic E-state index is 12.3. The first-order chi connectivity index (χ1) is 13.5. The van der Waals surface area contributed by atoms with Crippen LogP contribution in [0, 0.1) is 0 Å². The van der Waals surface area contributed by atoms with Crippen LogP contribution in [0.1, 0.15) is 23.0 Å². The normalized spacial score (nSPS) is 11.2. The molecule has 0 aliphatic rings. The average Bonchev–Trinajstić information content (AvgIpc) is 3.15. The minimum Gasteiger partial charge on any atom is -0.456 e. The molecule has 10 heteroatoms. The monoisotopic (exact) mass is 398 g/mol. The van der Waals surface area contributed by atoms with Gasteiger partial charge in [0.05, 0.1) is 22.2 Å². The van der Waals surface area contributed by atoms with Crippen LogP contribution in [0.3, 0.4) is 0 Å². The standard InChI is InChI=1S/C18H14N4O5S/c1-2-21-15(24)12-4-3-10(7-13(12)20-17(21)26)16(25)27-9-11-8-14(23)22-5-6-28-18(22)19-11/h3-8H,2,9H2,1H3,(H,20,26). The molecule has 0 fully saturated rings. The number of nitrogens with zero attached hydrogens (tertiary/aromatic N) is 3. The lowest BCUT2D eigenvalue weighted by Gasteiger charge is -2.07. The topological polar surface area (TPSA) is 116 Å². The second kappa shape index (κ2) is 6.89. The zero-order valence-electron chi connectivity index (χ0n) is 14.7. The number of hydrogen-bond acceptors (Lipinski definition) is 7. The molecule has 0 radical (unpaired) electrons. The number of thiazole rings is 1. The van der Waals surface area contributed by atoms with E-state index in [1.165, 1.54) is 40.0 Å². The van der Waals surface area contributed by atoms with E-state index in [9.17, 15) is 19.2 Å². The fourth-order valence-electron chi connectivity index (χ4n) is 2.85. The van der Waals surface area contributed by atoms with Gasteiger partial charge in [-0.05, 0) is 25.1 Å². The third-order valence-corrected chi connectivity index (χ3v) is 5.00. The average molecular weight is 398 g/mol. The van der Waals surface area contributed by atoms with Crippen molar-refractivity contribution in [3.8, 4) is 0 Å².